The summed E-state index contributed by atoms with van der Waals surface area (Å²) < 4.78 is 44.5. The maximum Gasteiger partial charge on any atom is 0.573 e. The summed E-state index contributed by atoms with van der Waals surface area (Å²) in [7, 11) is 0. The zero-order valence-corrected chi connectivity index (χ0v) is 9.64. The van der Waals surface area contributed by atoms with Crippen molar-refractivity contribution in [3.8, 4) is 5.75 Å². The largest absolute Gasteiger partial charge is 0.573 e. The molecule has 0 radical (unpaired) electrons. The number of thiol groups is 1. The zero-order chi connectivity index (χ0) is 13.1. The molecule has 0 N–H and O–H groups in total. The van der Waals surface area contributed by atoms with Crippen molar-refractivity contribution in [1.82, 2.24) is 0 Å². The van der Waals surface area contributed by atoms with Crippen LogP contribution in [0.4, 0.5) is 13.2 Å². The van der Waals surface area contributed by atoms with Crippen molar-refractivity contribution in [3.63, 3.8) is 0 Å². The van der Waals surface area contributed by atoms with Gasteiger partial charge >= 0.3 is 12.3 Å². The molecule has 0 aliphatic carbocycles. The number of carbonyl (C=O) groups is 1. The second-order valence-corrected chi connectivity index (χ2v) is 3.37. The van der Waals surface area contributed by atoms with E-state index >= 15 is 0 Å². The van der Waals surface area contributed by atoms with E-state index in [0.717, 1.165) is 6.07 Å². The van der Waals surface area contributed by atoms with Gasteiger partial charge in [-0.3, -0.25) is 0 Å². The molecule has 0 unspecified atom stereocenters. The monoisotopic (exact) mass is 266 g/mol. The zero-order valence-electron chi connectivity index (χ0n) is 8.75. The van der Waals surface area contributed by atoms with Crippen LogP contribution in [0.25, 0.3) is 0 Å². The van der Waals surface area contributed by atoms with Gasteiger partial charge in [-0.1, -0.05) is 6.07 Å². The topological polar surface area (TPSA) is 35.5 Å². The van der Waals surface area contributed by atoms with Gasteiger partial charge < -0.3 is 9.47 Å². The Bertz CT molecular complexity index is 418. The van der Waals surface area contributed by atoms with Crippen LogP contribution in [-0.4, -0.2) is 18.9 Å². The molecule has 0 aliphatic heterocycles. The van der Waals surface area contributed by atoms with Crippen molar-refractivity contribution in [2.45, 2.75) is 18.2 Å². The van der Waals surface area contributed by atoms with Crippen molar-refractivity contribution < 1.29 is 27.4 Å². The predicted octanol–water partition coefficient (Wildman–Crippen LogP) is 3.05. The lowest BCUT2D eigenvalue weighted by molar-refractivity contribution is -0.275. The molecule has 0 fully saturated rings. The summed E-state index contributed by atoms with van der Waals surface area (Å²) in [6.07, 6.45) is -4.83. The Morgan fingerprint density at radius 3 is 2.59 bits per heavy atom. The Hall–Kier alpha value is -1.37. The van der Waals surface area contributed by atoms with Crippen molar-refractivity contribution in [2.75, 3.05) is 6.61 Å². The van der Waals surface area contributed by atoms with Crippen LogP contribution in [0, 0.1) is 0 Å². The third kappa shape index (κ3) is 3.85. The average Bonchev–Trinajstić information content (AvgIpc) is 2.19. The predicted molar refractivity (Wildman–Crippen MR) is 56.3 cm³/mol. The summed E-state index contributed by atoms with van der Waals surface area (Å²) in [6, 6.07) is 3.63. The fourth-order valence-electron chi connectivity index (χ4n) is 1.10. The molecule has 1 aromatic rings. The highest BCUT2D eigenvalue weighted by Gasteiger charge is 2.32. The van der Waals surface area contributed by atoms with E-state index < -0.39 is 18.1 Å². The number of alkyl halides is 3. The molecule has 1 aromatic carbocycles. The van der Waals surface area contributed by atoms with E-state index in [0.29, 0.717) is 0 Å². The number of esters is 1. The first kappa shape index (κ1) is 13.7. The normalized spacial score (nSPS) is 11.1. The van der Waals surface area contributed by atoms with Crippen molar-refractivity contribution in [3.05, 3.63) is 23.8 Å². The van der Waals surface area contributed by atoms with Crippen molar-refractivity contribution in [1.29, 1.82) is 0 Å². The van der Waals surface area contributed by atoms with Gasteiger partial charge in [-0.05, 0) is 19.1 Å². The Kier molecular flexibility index (Phi) is 4.28. The van der Waals surface area contributed by atoms with Crippen LogP contribution in [0.1, 0.15) is 17.3 Å². The van der Waals surface area contributed by atoms with Crippen LogP contribution in [0.5, 0.6) is 5.75 Å². The van der Waals surface area contributed by atoms with E-state index in [4.69, 9.17) is 0 Å². The maximum absolute atomic E-state index is 12.0. The average molecular weight is 266 g/mol. The van der Waals surface area contributed by atoms with Crippen LogP contribution in [0.3, 0.4) is 0 Å². The summed E-state index contributed by atoms with van der Waals surface area (Å²) >= 11 is 3.83. The molecule has 7 heteroatoms. The van der Waals surface area contributed by atoms with Gasteiger partial charge in [-0.25, -0.2) is 4.79 Å². The smallest absolute Gasteiger partial charge is 0.462 e. The molecular weight excluding hydrogens is 257 g/mol. The van der Waals surface area contributed by atoms with Gasteiger partial charge in [0.15, 0.2) is 0 Å². The quantitative estimate of drug-likeness (QED) is 0.674. The van der Waals surface area contributed by atoms with Gasteiger partial charge in [-0.15, -0.1) is 25.8 Å². The number of hydrogen-bond donors (Lipinski definition) is 1. The van der Waals surface area contributed by atoms with Gasteiger partial charge in [-0.2, -0.15) is 0 Å². The SMILES string of the molecule is CCOC(=O)c1cccc(OC(F)(F)F)c1S. The molecular formula is C10H9F3O3S. The van der Waals surface area contributed by atoms with E-state index in [-0.39, 0.29) is 17.1 Å². The molecule has 3 nitrogen and oxygen atoms in total. The molecule has 0 amide bonds. The summed E-state index contributed by atoms with van der Waals surface area (Å²) in [5.74, 6) is -1.28. The highest BCUT2D eigenvalue weighted by molar-refractivity contribution is 7.80. The van der Waals surface area contributed by atoms with Gasteiger partial charge in [0, 0.05) is 0 Å². The summed E-state index contributed by atoms with van der Waals surface area (Å²) in [6.45, 7) is 1.71. The third-order valence-electron chi connectivity index (χ3n) is 1.72. The van der Waals surface area contributed by atoms with Crippen LogP contribution < -0.4 is 4.74 Å². The number of benzene rings is 1. The van der Waals surface area contributed by atoms with Gasteiger partial charge in [0.25, 0.3) is 0 Å². The van der Waals surface area contributed by atoms with Gasteiger partial charge in [0.1, 0.15) is 5.75 Å². The van der Waals surface area contributed by atoms with E-state index in [9.17, 15) is 18.0 Å². The number of rotatable bonds is 3. The van der Waals surface area contributed by atoms with Gasteiger partial charge in [0.2, 0.25) is 0 Å². The highest BCUT2D eigenvalue weighted by Crippen LogP contribution is 2.31. The first-order chi connectivity index (χ1) is 7.85. The van der Waals surface area contributed by atoms with Crippen LogP contribution in [-0.2, 0) is 4.74 Å². The summed E-state index contributed by atoms with van der Waals surface area (Å²) in [5.41, 5.74) is -0.0723. The molecule has 94 valence electrons. The number of halogens is 3. The Labute approximate surface area is 101 Å². The van der Waals surface area contributed by atoms with Gasteiger partial charge in [0.05, 0.1) is 17.1 Å². The molecule has 0 saturated carbocycles. The maximum atomic E-state index is 12.0. The van der Waals surface area contributed by atoms with E-state index in [1.165, 1.54) is 12.1 Å². The molecule has 0 spiro atoms. The highest BCUT2D eigenvalue weighted by atomic mass is 32.1. The van der Waals surface area contributed by atoms with Crippen LogP contribution >= 0.6 is 12.6 Å². The van der Waals surface area contributed by atoms with Crippen LogP contribution in [0.2, 0.25) is 0 Å². The molecule has 0 aliphatic rings. The first-order valence-corrected chi connectivity index (χ1v) is 5.04. The molecule has 0 bridgehead atoms. The molecule has 0 aromatic heterocycles. The lowest BCUT2D eigenvalue weighted by Crippen LogP contribution is -2.18. The minimum Gasteiger partial charge on any atom is -0.462 e. The standard InChI is InChI=1S/C10H9F3O3S/c1-2-15-9(14)6-4-3-5-7(8(6)17)16-10(11,12)13/h3-5,17H,2H2,1H3. The van der Waals surface area contributed by atoms with E-state index in [1.54, 1.807) is 6.92 Å². The Morgan fingerprint density at radius 2 is 2.06 bits per heavy atom. The fraction of sp³-hybridized carbons (Fsp3) is 0.300. The molecule has 0 saturated heterocycles. The molecule has 0 atom stereocenters. The second-order valence-electron chi connectivity index (χ2n) is 2.92. The summed E-state index contributed by atoms with van der Waals surface area (Å²) in [5, 5.41) is 0. The summed E-state index contributed by atoms with van der Waals surface area (Å²) in [4.78, 5) is 11.2. The molecule has 1 rings (SSSR count). The Morgan fingerprint density at radius 1 is 1.41 bits per heavy atom. The Balaban J connectivity index is 3.03. The third-order valence-corrected chi connectivity index (χ3v) is 2.18. The van der Waals surface area contributed by atoms with Crippen molar-refractivity contribution >= 4 is 18.6 Å². The molecule has 17 heavy (non-hydrogen) atoms. The number of carbonyl (C=O) groups excluding carboxylic acids is 1. The van der Waals surface area contributed by atoms with E-state index in [1.807, 2.05) is 0 Å². The minimum absolute atomic E-state index is 0.0723. The molecule has 0 heterocycles. The minimum atomic E-state index is -4.83. The number of ether oxygens (including phenoxy) is 2. The lowest BCUT2D eigenvalue weighted by atomic mass is 10.2. The first-order valence-electron chi connectivity index (χ1n) is 4.60. The van der Waals surface area contributed by atoms with E-state index in [2.05, 4.69) is 22.1 Å². The lowest BCUT2D eigenvalue weighted by Gasteiger charge is -2.12. The second kappa shape index (κ2) is 5.31. The fourth-order valence-corrected chi connectivity index (χ4v) is 1.39. The number of hydrogen-bond acceptors (Lipinski definition) is 4. The van der Waals surface area contributed by atoms with Crippen molar-refractivity contribution in [2.24, 2.45) is 0 Å². The van der Waals surface area contributed by atoms with Crippen LogP contribution in [0.15, 0.2) is 23.1 Å².